The van der Waals surface area contributed by atoms with Gasteiger partial charge in [0.05, 0.1) is 24.7 Å². The Bertz CT molecular complexity index is 825. The Balaban J connectivity index is 1.99. The topological polar surface area (TPSA) is 67.4 Å². The summed E-state index contributed by atoms with van der Waals surface area (Å²) < 4.78 is 43.0. The van der Waals surface area contributed by atoms with Crippen molar-refractivity contribution in [1.29, 1.82) is 0 Å². The first kappa shape index (κ1) is 19.6. The summed E-state index contributed by atoms with van der Waals surface area (Å²) in [5.74, 6) is -1.11. The smallest absolute Gasteiger partial charge is 0.416 e. The average Bonchev–Trinajstić information content (AvgIpc) is 2.59. The number of hydrogen-bond donors (Lipinski definition) is 2. The van der Waals surface area contributed by atoms with Gasteiger partial charge >= 0.3 is 6.18 Å². The third-order valence-corrected chi connectivity index (χ3v) is 3.58. The Kier molecular flexibility index (Phi) is 6.10. The predicted molar refractivity (Wildman–Crippen MR) is 88.8 cm³/mol. The Morgan fingerprint density at radius 3 is 2.50 bits per heavy atom. The summed E-state index contributed by atoms with van der Waals surface area (Å²) in [5.41, 5.74) is 3.71. The molecule has 5 nitrogen and oxygen atoms in total. The number of rotatable bonds is 4. The highest BCUT2D eigenvalue weighted by Crippen LogP contribution is 2.29. The van der Waals surface area contributed by atoms with E-state index in [0.717, 1.165) is 12.1 Å². The normalized spacial score (nSPS) is 11.0. The molecular formula is C17H14ClF3N2O3. The number of halogens is 4. The fourth-order valence-electron chi connectivity index (χ4n) is 2.14. The Morgan fingerprint density at radius 2 is 1.85 bits per heavy atom. The van der Waals surface area contributed by atoms with Crippen molar-refractivity contribution < 1.29 is 27.5 Å². The van der Waals surface area contributed by atoms with Gasteiger partial charge in [-0.3, -0.25) is 20.4 Å². The molecule has 0 radical (unpaired) electrons. The van der Waals surface area contributed by atoms with Crippen LogP contribution in [0.15, 0.2) is 42.5 Å². The molecule has 2 amide bonds. The van der Waals surface area contributed by atoms with Crippen molar-refractivity contribution in [3.8, 4) is 5.75 Å². The summed E-state index contributed by atoms with van der Waals surface area (Å²) in [6, 6.07) is 8.76. The van der Waals surface area contributed by atoms with Crippen LogP contribution in [0.2, 0.25) is 5.02 Å². The number of hydrogen-bond acceptors (Lipinski definition) is 3. The molecule has 0 aliphatic heterocycles. The lowest BCUT2D eigenvalue weighted by Gasteiger charge is -2.11. The van der Waals surface area contributed by atoms with Crippen molar-refractivity contribution in [2.45, 2.75) is 12.6 Å². The zero-order chi connectivity index (χ0) is 19.3. The van der Waals surface area contributed by atoms with Crippen LogP contribution in [-0.4, -0.2) is 18.9 Å². The molecule has 2 N–H and O–H groups in total. The van der Waals surface area contributed by atoms with Crippen LogP contribution in [0, 0.1) is 0 Å². The Hall–Kier alpha value is -2.74. The van der Waals surface area contributed by atoms with Crippen LogP contribution in [0.1, 0.15) is 21.5 Å². The van der Waals surface area contributed by atoms with Crippen molar-refractivity contribution in [2.75, 3.05) is 7.11 Å². The van der Waals surface area contributed by atoms with E-state index in [4.69, 9.17) is 16.3 Å². The molecular weight excluding hydrogens is 373 g/mol. The predicted octanol–water partition coefficient (Wildman–Crippen LogP) is 3.37. The molecule has 0 unspecified atom stereocenters. The molecule has 26 heavy (non-hydrogen) atoms. The number of hydrazine groups is 1. The molecule has 2 aromatic rings. The molecule has 0 fully saturated rings. The van der Waals surface area contributed by atoms with Gasteiger partial charge in [0.2, 0.25) is 5.91 Å². The number of alkyl halides is 3. The molecule has 0 heterocycles. The van der Waals surface area contributed by atoms with Crippen molar-refractivity contribution in [2.24, 2.45) is 0 Å². The molecule has 0 saturated carbocycles. The lowest BCUT2D eigenvalue weighted by atomic mass is 10.1. The second kappa shape index (κ2) is 8.09. The van der Waals surface area contributed by atoms with E-state index >= 15 is 0 Å². The molecule has 2 aromatic carbocycles. The minimum Gasteiger partial charge on any atom is -0.496 e. The van der Waals surface area contributed by atoms with E-state index in [2.05, 4.69) is 10.9 Å². The lowest BCUT2D eigenvalue weighted by Crippen LogP contribution is -2.42. The average molecular weight is 387 g/mol. The number of nitrogens with one attached hydrogen (secondary N) is 2. The molecule has 0 bridgehead atoms. The van der Waals surface area contributed by atoms with E-state index in [9.17, 15) is 22.8 Å². The SMILES string of the molecule is COc1ccc(Cl)cc1C(=O)NNC(=O)Cc1cccc(C(F)(F)F)c1. The largest absolute Gasteiger partial charge is 0.496 e. The minimum atomic E-state index is -4.50. The number of carbonyl (C=O) groups is 2. The number of carbonyl (C=O) groups excluding carboxylic acids is 2. The molecule has 9 heteroatoms. The maximum atomic E-state index is 12.7. The van der Waals surface area contributed by atoms with Crippen molar-refractivity contribution in [1.82, 2.24) is 10.9 Å². The van der Waals surface area contributed by atoms with Crippen molar-refractivity contribution in [3.63, 3.8) is 0 Å². The van der Waals surface area contributed by atoms with Gasteiger partial charge in [0.25, 0.3) is 5.91 Å². The van der Waals surface area contributed by atoms with Gasteiger partial charge in [0, 0.05) is 5.02 Å². The number of methoxy groups -OCH3 is 1. The standard InChI is InChI=1S/C17H14ClF3N2O3/c1-26-14-6-5-12(18)9-13(14)16(25)23-22-15(24)8-10-3-2-4-11(7-10)17(19,20)21/h2-7,9H,8H2,1H3,(H,22,24)(H,23,25). The third kappa shape index (κ3) is 5.13. The summed E-state index contributed by atoms with van der Waals surface area (Å²) in [4.78, 5) is 24.0. The molecule has 138 valence electrons. The molecule has 0 spiro atoms. The number of benzene rings is 2. The summed E-state index contributed by atoms with van der Waals surface area (Å²) in [6.07, 6.45) is -4.83. The Morgan fingerprint density at radius 1 is 1.12 bits per heavy atom. The molecule has 0 saturated heterocycles. The quantitative estimate of drug-likeness (QED) is 0.792. The van der Waals surface area contributed by atoms with E-state index in [0.29, 0.717) is 5.02 Å². The lowest BCUT2D eigenvalue weighted by molar-refractivity contribution is -0.137. The van der Waals surface area contributed by atoms with Gasteiger partial charge in [-0.25, -0.2) is 0 Å². The first-order chi connectivity index (χ1) is 12.2. The first-order valence-corrected chi connectivity index (χ1v) is 7.67. The zero-order valence-corrected chi connectivity index (χ0v) is 14.2. The highest BCUT2D eigenvalue weighted by Gasteiger charge is 2.30. The maximum Gasteiger partial charge on any atom is 0.416 e. The van der Waals surface area contributed by atoms with E-state index in [-0.39, 0.29) is 23.3 Å². The number of amides is 2. The second-order valence-electron chi connectivity index (χ2n) is 5.22. The van der Waals surface area contributed by atoms with Gasteiger partial charge in [-0.15, -0.1) is 0 Å². The van der Waals surface area contributed by atoms with Crippen LogP contribution in [0.25, 0.3) is 0 Å². The summed E-state index contributed by atoms with van der Waals surface area (Å²) in [7, 11) is 1.37. The minimum absolute atomic E-state index is 0.0966. The van der Waals surface area contributed by atoms with Gasteiger partial charge in [0.15, 0.2) is 0 Å². The van der Waals surface area contributed by atoms with E-state index in [1.54, 1.807) is 0 Å². The summed E-state index contributed by atoms with van der Waals surface area (Å²) in [5, 5.41) is 0.297. The first-order valence-electron chi connectivity index (χ1n) is 7.29. The van der Waals surface area contributed by atoms with Gasteiger partial charge in [-0.05, 0) is 29.8 Å². The van der Waals surface area contributed by atoms with E-state index in [1.165, 1.54) is 37.4 Å². The van der Waals surface area contributed by atoms with Gasteiger partial charge in [-0.2, -0.15) is 13.2 Å². The van der Waals surface area contributed by atoms with Crippen molar-refractivity contribution in [3.05, 3.63) is 64.2 Å². The van der Waals surface area contributed by atoms with Crippen molar-refractivity contribution >= 4 is 23.4 Å². The van der Waals surface area contributed by atoms with Crippen LogP contribution in [0.3, 0.4) is 0 Å². The fraction of sp³-hybridized carbons (Fsp3) is 0.176. The molecule has 0 atom stereocenters. The highest BCUT2D eigenvalue weighted by molar-refractivity contribution is 6.31. The van der Waals surface area contributed by atoms with Crippen LogP contribution >= 0.6 is 11.6 Å². The van der Waals surface area contributed by atoms with Crippen LogP contribution in [0.5, 0.6) is 5.75 Å². The highest BCUT2D eigenvalue weighted by atomic mass is 35.5. The zero-order valence-electron chi connectivity index (χ0n) is 13.5. The fourth-order valence-corrected chi connectivity index (χ4v) is 2.31. The van der Waals surface area contributed by atoms with Gasteiger partial charge < -0.3 is 4.74 Å². The molecule has 0 aromatic heterocycles. The summed E-state index contributed by atoms with van der Waals surface area (Å²) >= 11 is 5.82. The van der Waals surface area contributed by atoms with Crippen LogP contribution < -0.4 is 15.6 Å². The van der Waals surface area contributed by atoms with Gasteiger partial charge in [-0.1, -0.05) is 29.8 Å². The molecule has 0 aliphatic rings. The molecule has 0 aliphatic carbocycles. The van der Waals surface area contributed by atoms with E-state index in [1.807, 2.05) is 0 Å². The summed E-state index contributed by atoms with van der Waals surface area (Å²) in [6.45, 7) is 0. The number of ether oxygens (including phenoxy) is 1. The van der Waals surface area contributed by atoms with E-state index < -0.39 is 23.6 Å². The van der Waals surface area contributed by atoms with Gasteiger partial charge in [0.1, 0.15) is 5.75 Å². The Labute approximate surface area is 152 Å². The third-order valence-electron chi connectivity index (χ3n) is 3.34. The monoisotopic (exact) mass is 386 g/mol. The van der Waals surface area contributed by atoms with Crippen LogP contribution in [0.4, 0.5) is 13.2 Å². The maximum absolute atomic E-state index is 12.7. The molecule has 2 rings (SSSR count). The van der Waals surface area contributed by atoms with Crippen LogP contribution in [-0.2, 0) is 17.4 Å². The second-order valence-corrected chi connectivity index (χ2v) is 5.66.